The Balaban J connectivity index is 1.48. The maximum absolute atomic E-state index is 12.2. The highest BCUT2D eigenvalue weighted by Crippen LogP contribution is 2.27. The minimum atomic E-state index is 0.114. The summed E-state index contributed by atoms with van der Waals surface area (Å²) < 4.78 is 0. The Hall–Kier alpha value is -2.11. The van der Waals surface area contributed by atoms with Gasteiger partial charge in [0, 0.05) is 31.5 Å². The van der Waals surface area contributed by atoms with Crippen molar-refractivity contribution < 1.29 is 9.59 Å². The number of hydrogen-bond acceptors (Lipinski definition) is 4. The van der Waals surface area contributed by atoms with Gasteiger partial charge in [-0.1, -0.05) is 19.8 Å². The molecule has 6 nitrogen and oxygen atoms in total. The number of anilines is 2. The van der Waals surface area contributed by atoms with Gasteiger partial charge in [0.25, 0.3) is 0 Å². The van der Waals surface area contributed by atoms with Gasteiger partial charge in [-0.05, 0) is 44.2 Å². The van der Waals surface area contributed by atoms with Gasteiger partial charge in [-0.15, -0.1) is 0 Å². The van der Waals surface area contributed by atoms with Crippen molar-refractivity contribution in [2.45, 2.75) is 51.9 Å². The van der Waals surface area contributed by atoms with Crippen molar-refractivity contribution >= 4 is 23.3 Å². The molecule has 0 atom stereocenters. The zero-order valence-electron chi connectivity index (χ0n) is 15.7. The number of nitrogens with one attached hydrogen (secondary N) is 2. The lowest BCUT2D eigenvalue weighted by Crippen LogP contribution is -2.41. The van der Waals surface area contributed by atoms with E-state index in [1.54, 1.807) is 6.20 Å². The summed E-state index contributed by atoms with van der Waals surface area (Å²) in [6.07, 6.45) is 8.73. The molecule has 0 bridgehead atoms. The maximum Gasteiger partial charge on any atom is 0.227 e. The monoisotopic (exact) mass is 358 g/mol. The molecule has 2 aliphatic rings. The quantitative estimate of drug-likeness (QED) is 0.820. The van der Waals surface area contributed by atoms with E-state index in [0.29, 0.717) is 0 Å². The maximum atomic E-state index is 12.2. The molecule has 0 radical (unpaired) electrons. The van der Waals surface area contributed by atoms with E-state index in [4.69, 9.17) is 0 Å². The Bertz CT molecular complexity index is 603. The van der Waals surface area contributed by atoms with Crippen LogP contribution < -0.4 is 15.5 Å². The first-order valence-corrected chi connectivity index (χ1v) is 9.97. The van der Waals surface area contributed by atoms with Gasteiger partial charge in [0.1, 0.15) is 5.82 Å². The average molecular weight is 358 g/mol. The van der Waals surface area contributed by atoms with Crippen LogP contribution in [0.3, 0.4) is 0 Å². The minimum Gasteiger partial charge on any atom is -0.357 e. The fourth-order valence-corrected chi connectivity index (χ4v) is 3.84. The summed E-state index contributed by atoms with van der Waals surface area (Å²) in [7, 11) is 0. The summed E-state index contributed by atoms with van der Waals surface area (Å²) in [5.74, 6) is 1.49. The molecule has 3 rings (SSSR count). The highest BCUT2D eigenvalue weighted by Gasteiger charge is 2.25. The van der Waals surface area contributed by atoms with Crippen LogP contribution in [0.25, 0.3) is 0 Å². The summed E-state index contributed by atoms with van der Waals surface area (Å²) in [6.45, 7) is 4.50. The molecule has 1 saturated heterocycles. The molecule has 2 fully saturated rings. The largest absolute Gasteiger partial charge is 0.357 e. The molecule has 0 aromatic carbocycles. The van der Waals surface area contributed by atoms with Gasteiger partial charge < -0.3 is 15.5 Å². The molecule has 1 aliphatic carbocycles. The Labute approximate surface area is 155 Å². The lowest BCUT2D eigenvalue weighted by molar-refractivity contribution is -0.125. The van der Waals surface area contributed by atoms with Crippen LogP contribution in [0, 0.1) is 11.8 Å². The van der Waals surface area contributed by atoms with Gasteiger partial charge in [0.2, 0.25) is 11.8 Å². The summed E-state index contributed by atoms with van der Waals surface area (Å²) in [6, 6.07) is 3.89. The third-order valence-corrected chi connectivity index (χ3v) is 5.48. The van der Waals surface area contributed by atoms with E-state index in [0.717, 1.165) is 76.1 Å². The van der Waals surface area contributed by atoms with Crippen LogP contribution in [0.4, 0.5) is 11.5 Å². The summed E-state index contributed by atoms with van der Waals surface area (Å²) in [4.78, 5) is 31.0. The molecule has 1 saturated carbocycles. The van der Waals surface area contributed by atoms with Gasteiger partial charge in [-0.3, -0.25) is 9.59 Å². The molecule has 0 spiro atoms. The van der Waals surface area contributed by atoms with Crippen LogP contribution in [0.2, 0.25) is 0 Å². The van der Waals surface area contributed by atoms with Crippen molar-refractivity contribution in [1.82, 2.24) is 10.3 Å². The Morgan fingerprint density at radius 3 is 2.38 bits per heavy atom. The predicted octanol–water partition coefficient (Wildman–Crippen LogP) is 2.95. The lowest BCUT2D eigenvalue weighted by Gasteiger charge is -2.32. The third kappa shape index (κ3) is 4.74. The van der Waals surface area contributed by atoms with Crippen LogP contribution in [-0.2, 0) is 9.59 Å². The van der Waals surface area contributed by atoms with E-state index in [-0.39, 0.29) is 23.7 Å². The summed E-state index contributed by atoms with van der Waals surface area (Å²) >= 11 is 0. The van der Waals surface area contributed by atoms with Crippen molar-refractivity contribution in [3.8, 4) is 0 Å². The first-order valence-electron chi connectivity index (χ1n) is 9.97. The van der Waals surface area contributed by atoms with Gasteiger partial charge in [-0.2, -0.15) is 0 Å². The van der Waals surface area contributed by atoms with E-state index in [2.05, 4.69) is 27.4 Å². The highest BCUT2D eigenvalue weighted by molar-refractivity contribution is 5.92. The van der Waals surface area contributed by atoms with Gasteiger partial charge in [0.15, 0.2) is 0 Å². The first kappa shape index (κ1) is 18.7. The number of hydrogen-bond donors (Lipinski definition) is 2. The van der Waals surface area contributed by atoms with Crippen LogP contribution in [0.15, 0.2) is 18.3 Å². The van der Waals surface area contributed by atoms with Crippen LogP contribution in [0.1, 0.15) is 51.9 Å². The van der Waals surface area contributed by atoms with Gasteiger partial charge in [-0.25, -0.2) is 4.98 Å². The SMILES string of the molecule is CCCNC(=O)C1CCN(c2ccc(NC(=O)C3CCCC3)cn2)CC1. The average Bonchev–Trinajstić information content (AvgIpc) is 3.22. The first-order chi connectivity index (χ1) is 12.7. The van der Waals surface area contributed by atoms with Crippen molar-refractivity contribution in [2.24, 2.45) is 11.8 Å². The summed E-state index contributed by atoms with van der Waals surface area (Å²) in [5, 5.41) is 5.97. The van der Waals surface area contributed by atoms with Crippen molar-refractivity contribution in [1.29, 1.82) is 0 Å². The second-order valence-electron chi connectivity index (χ2n) is 7.43. The number of amides is 2. The molecular formula is C20H30N4O2. The normalized spacial score (nSPS) is 18.7. The van der Waals surface area contributed by atoms with Crippen molar-refractivity contribution in [2.75, 3.05) is 29.9 Å². The van der Waals surface area contributed by atoms with E-state index < -0.39 is 0 Å². The molecule has 1 aromatic heterocycles. The molecule has 2 heterocycles. The number of piperidine rings is 1. The molecule has 1 aliphatic heterocycles. The number of nitrogens with zero attached hydrogens (tertiary/aromatic N) is 2. The number of rotatable bonds is 6. The lowest BCUT2D eigenvalue weighted by atomic mass is 9.96. The Kier molecular flexibility index (Phi) is 6.47. The van der Waals surface area contributed by atoms with E-state index >= 15 is 0 Å². The Morgan fingerprint density at radius 2 is 1.77 bits per heavy atom. The van der Waals surface area contributed by atoms with Crippen molar-refractivity contribution in [3.63, 3.8) is 0 Å². The van der Waals surface area contributed by atoms with Crippen LogP contribution in [-0.4, -0.2) is 36.4 Å². The molecule has 142 valence electrons. The standard InChI is InChI=1S/C20H30N4O2/c1-2-11-21-19(25)16-9-12-24(13-10-16)18-8-7-17(14-22-18)23-20(26)15-5-3-4-6-15/h7-8,14-16H,2-6,9-13H2,1H3,(H,21,25)(H,23,26). The van der Waals surface area contributed by atoms with E-state index in [9.17, 15) is 9.59 Å². The zero-order valence-corrected chi connectivity index (χ0v) is 15.7. The fourth-order valence-electron chi connectivity index (χ4n) is 3.84. The number of carbonyl (C=O) groups excluding carboxylic acids is 2. The minimum absolute atomic E-state index is 0.114. The molecular weight excluding hydrogens is 328 g/mol. The second-order valence-corrected chi connectivity index (χ2v) is 7.43. The molecule has 2 amide bonds. The van der Waals surface area contributed by atoms with E-state index in [1.807, 2.05) is 12.1 Å². The zero-order chi connectivity index (χ0) is 18.4. The molecule has 1 aromatic rings. The van der Waals surface area contributed by atoms with E-state index in [1.165, 1.54) is 0 Å². The predicted molar refractivity (Wildman–Crippen MR) is 103 cm³/mol. The number of aromatic nitrogens is 1. The molecule has 26 heavy (non-hydrogen) atoms. The number of carbonyl (C=O) groups is 2. The second kappa shape index (κ2) is 9.01. The van der Waals surface area contributed by atoms with Crippen molar-refractivity contribution in [3.05, 3.63) is 18.3 Å². The molecule has 2 N–H and O–H groups in total. The smallest absolute Gasteiger partial charge is 0.227 e. The molecule has 6 heteroatoms. The Morgan fingerprint density at radius 1 is 1.08 bits per heavy atom. The summed E-state index contributed by atoms with van der Waals surface area (Å²) in [5.41, 5.74) is 0.763. The number of pyridine rings is 1. The topological polar surface area (TPSA) is 74.3 Å². The fraction of sp³-hybridized carbons (Fsp3) is 0.650. The van der Waals surface area contributed by atoms with Gasteiger partial charge in [0.05, 0.1) is 11.9 Å². The molecule has 0 unspecified atom stereocenters. The van der Waals surface area contributed by atoms with Gasteiger partial charge >= 0.3 is 0 Å². The third-order valence-electron chi connectivity index (χ3n) is 5.48. The highest BCUT2D eigenvalue weighted by atomic mass is 16.2. The van der Waals surface area contributed by atoms with Crippen LogP contribution >= 0.6 is 0 Å². The van der Waals surface area contributed by atoms with Crippen LogP contribution in [0.5, 0.6) is 0 Å².